The fraction of sp³-hybridized carbons (Fsp3) is 0.809. The standard InChI is InChI=1S/C47H88NO7P/c1-6-8-10-12-14-16-17-18-19-20-21-22-23-24-25-26-27-28-29-30-31-32-34-36-38-40-47(49)55-46(45-54-56(50,51)53-43-41-48(3,4)5)44-52-42-39-37-35-33-15-13-11-9-7-2/h8,10,14,16,18-19,21-22,46H,6-7,9,11-13,15,17,20,23-45H2,1-5H3/b10-8-,16-14-,19-18-,22-21-. The van der Waals surface area contributed by atoms with Crippen molar-refractivity contribution in [2.45, 2.75) is 193 Å². The number of ether oxygens (including phenoxy) is 2. The zero-order valence-corrected chi connectivity index (χ0v) is 38.0. The number of unbranched alkanes of at least 4 members (excludes halogenated alkanes) is 20. The molecule has 0 bridgehead atoms. The number of phosphoric acid groups is 1. The van der Waals surface area contributed by atoms with E-state index < -0.39 is 13.9 Å². The Morgan fingerprint density at radius 1 is 0.571 bits per heavy atom. The third-order valence-corrected chi connectivity index (χ3v) is 10.6. The van der Waals surface area contributed by atoms with Crippen LogP contribution in [0.5, 0.6) is 0 Å². The summed E-state index contributed by atoms with van der Waals surface area (Å²) in [5, 5.41) is 0. The van der Waals surface area contributed by atoms with Crippen molar-refractivity contribution in [1.29, 1.82) is 0 Å². The summed E-state index contributed by atoms with van der Waals surface area (Å²) in [5.41, 5.74) is 0. The van der Waals surface area contributed by atoms with Gasteiger partial charge < -0.3 is 27.9 Å². The van der Waals surface area contributed by atoms with Gasteiger partial charge in [-0.25, -0.2) is 0 Å². The van der Waals surface area contributed by atoms with Crippen LogP contribution in [0, 0.1) is 0 Å². The molecule has 0 fully saturated rings. The molecule has 8 nitrogen and oxygen atoms in total. The molecule has 2 atom stereocenters. The van der Waals surface area contributed by atoms with Gasteiger partial charge in [-0.2, -0.15) is 0 Å². The number of phosphoric ester groups is 1. The molecule has 328 valence electrons. The molecule has 56 heavy (non-hydrogen) atoms. The van der Waals surface area contributed by atoms with E-state index in [1.807, 2.05) is 21.1 Å². The van der Waals surface area contributed by atoms with Crippen molar-refractivity contribution >= 4 is 13.8 Å². The number of rotatable bonds is 42. The second kappa shape index (κ2) is 40.2. The molecule has 0 heterocycles. The van der Waals surface area contributed by atoms with Gasteiger partial charge in [0.05, 0.1) is 34.4 Å². The first-order valence-electron chi connectivity index (χ1n) is 22.9. The van der Waals surface area contributed by atoms with Crippen molar-refractivity contribution in [2.75, 3.05) is 54.1 Å². The van der Waals surface area contributed by atoms with Crippen molar-refractivity contribution in [2.24, 2.45) is 0 Å². The Labute approximate surface area is 346 Å². The van der Waals surface area contributed by atoms with Crippen molar-refractivity contribution in [3.05, 3.63) is 48.6 Å². The highest BCUT2D eigenvalue weighted by Gasteiger charge is 2.20. The Morgan fingerprint density at radius 2 is 1.04 bits per heavy atom. The van der Waals surface area contributed by atoms with Crippen LogP contribution in [-0.2, 0) is 27.9 Å². The predicted octanol–water partition coefficient (Wildman–Crippen LogP) is 12.9. The Hall–Kier alpha value is -1.54. The van der Waals surface area contributed by atoms with E-state index in [1.54, 1.807) is 0 Å². The van der Waals surface area contributed by atoms with Crippen LogP contribution >= 0.6 is 7.82 Å². The molecule has 0 saturated carbocycles. The van der Waals surface area contributed by atoms with Gasteiger partial charge in [-0.1, -0.05) is 178 Å². The summed E-state index contributed by atoms with van der Waals surface area (Å²) in [6.45, 7) is 5.29. The van der Waals surface area contributed by atoms with Gasteiger partial charge in [-0.15, -0.1) is 0 Å². The zero-order chi connectivity index (χ0) is 41.3. The van der Waals surface area contributed by atoms with Crippen molar-refractivity contribution in [3.8, 4) is 0 Å². The molecule has 0 aromatic heterocycles. The van der Waals surface area contributed by atoms with Crippen LogP contribution < -0.4 is 4.89 Å². The SMILES string of the molecule is CC/C=C\C/C=C\C/C=C\C/C=C\CCCCCCCCCCCCCCC(=O)OC(COCCCCCCCCCCC)COP(=O)([O-])OCC[N+](C)(C)C. The molecule has 0 aromatic rings. The molecule has 0 aliphatic rings. The lowest BCUT2D eigenvalue weighted by Gasteiger charge is -2.28. The third kappa shape index (κ3) is 43.6. The molecule has 2 unspecified atom stereocenters. The zero-order valence-electron chi connectivity index (χ0n) is 37.1. The van der Waals surface area contributed by atoms with Crippen molar-refractivity contribution in [3.63, 3.8) is 0 Å². The summed E-state index contributed by atoms with van der Waals surface area (Å²) in [5.74, 6) is -0.338. The minimum absolute atomic E-state index is 0.0258. The lowest BCUT2D eigenvalue weighted by molar-refractivity contribution is -0.870. The third-order valence-electron chi connectivity index (χ3n) is 9.64. The van der Waals surface area contributed by atoms with Gasteiger partial charge in [0.15, 0.2) is 0 Å². The largest absolute Gasteiger partial charge is 0.756 e. The molecule has 0 N–H and O–H groups in total. The van der Waals surface area contributed by atoms with E-state index in [2.05, 4.69) is 62.5 Å². The van der Waals surface area contributed by atoms with Crippen LogP contribution in [0.1, 0.15) is 187 Å². The van der Waals surface area contributed by atoms with E-state index >= 15 is 0 Å². The average Bonchev–Trinajstić information content (AvgIpc) is 3.15. The number of nitrogens with zero attached hydrogens (tertiary/aromatic N) is 1. The summed E-state index contributed by atoms with van der Waals surface area (Å²) < 4.78 is 34.5. The van der Waals surface area contributed by atoms with E-state index in [0.717, 1.165) is 57.8 Å². The van der Waals surface area contributed by atoms with Crippen LogP contribution in [0.25, 0.3) is 0 Å². The van der Waals surface area contributed by atoms with Gasteiger partial charge >= 0.3 is 5.97 Å². The Bertz CT molecular complexity index is 1040. The number of hydrogen-bond acceptors (Lipinski definition) is 7. The lowest BCUT2D eigenvalue weighted by Crippen LogP contribution is -2.37. The Balaban J connectivity index is 4.05. The van der Waals surface area contributed by atoms with Gasteiger partial charge in [-0.05, 0) is 51.4 Å². The van der Waals surface area contributed by atoms with Gasteiger partial charge in [0.25, 0.3) is 7.82 Å². The number of carbonyl (C=O) groups excluding carboxylic acids is 1. The van der Waals surface area contributed by atoms with Gasteiger partial charge in [0.2, 0.25) is 0 Å². The molecular weight excluding hydrogens is 721 g/mol. The predicted molar refractivity (Wildman–Crippen MR) is 236 cm³/mol. The van der Waals surface area contributed by atoms with Crippen LogP contribution in [0.3, 0.4) is 0 Å². The first kappa shape index (κ1) is 54.5. The molecule has 0 aliphatic heterocycles. The Kier molecular flexibility index (Phi) is 39.1. The van der Waals surface area contributed by atoms with Crippen LogP contribution in [0.4, 0.5) is 0 Å². The maximum absolute atomic E-state index is 12.7. The fourth-order valence-electron chi connectivity index (χ4n) is 6.13. The number of quaternary nitrogens is 1. The van der Waals surface area contributed by atoms with Crippen molar-refractivity contribution < 1.29 is 37.3 Å². The van der Waals surface area contributed by atoms with Crippen LogP contribution in [0.2, 0.25) is 0 Å². The molecule has 0 radical (unpaired) electrons. The minimum Gasteiger partial charge on any atom is -0.756 e. The highest BCUT2D eigenvalue weighted by molar-refractivity contribution is 7.45. The molecule has 0 amide bonds. The maximum Gasteiger partial charge on any atom is 0.306 e. The first-order chi connectivity index (χ1) is 27.1. The highest BCUT2D eigenvalue weighted by Crippen LogP contribution is 2.38. The number of esters is 1. The lowest BCUT2D eigenvalue weighted by atomic mass is 10.0. The number of likely N-dealkylation sites (N-methyl/N-ethyl adjacent to an activating group) is 1. The van der Waals surface area contributed by atoms with E-state index in [1.165, 1.54) is 109 Å². The van der Waals surface area contributed by atoms with Crippen LogP contribution in [-0.4, -0.2) is 70.7 Å². The summed E-state index contributed by atoms with van der Waals surface area (Å²) in [7, 11) is 1.35. The summed E-state index contributed by atoms with van der Waals surface area (Å²) in [6, 6.07) is 0. The molecule has 0 rings (SSSR count). The second-order valence-corrected chi connectivity index (χ2v) is 17.8. The molecule has 0 aliphatic carbocycles. The monoisotopic (exact) mass is 810 g/mol. The second-order valence-electron chi connectivity index (χ2n) is 16.4. The molecular formula is C47H88NO7P. The van der Waals surface area contributed by atoms with Crippen LogP contribution in [0.15, 0.2) is 48.6 Å². The van der Waals surface area contributed by atoms with Gasteiger partial charge in [-0.3, -0.25) is 9.36 Å². The average molecular weight is 810 g/mol. The normalized spacial score (nSPS) is 14.2. The number of hydrogen-bond donors (Lipinski definition) is 0. The van der Waals surface area contributed by atoms with E-state index in [0.29, 0.717) is 24.1 Å². The first-order valence-corrected chi connectivity index (χ1v) is 24.3. The molecule has 0 aromatic carbocycles. The minimum atomic E-state index is -4.52. The smallest absolute Gasteiger partial charge is 0.306 e. The molecule has 0 spiro atoms. The molecule has 0 saturated heterocycles. The molecule has 9 heteroatoms. The maximum atomic E-state index is 12.7. The summed E-state index contributed by atoms with van der Waals surface area (Å²) in [4.78, 5) is 25.0. The highest BCUT2D eigenvalue weighted by atomic mass is 31.2. The van der Waals surface area contributed by atoms with Crippen molar-refractivity contribution in [1.82, 2.24) is 0 Å². The topological polar surface area (TPSA) is 94.1 Å². The van der Waals surface area contributed by atoms with E-state index in [4.69, 9.17) is 18.5 Å². The van der Waals surface area contributed by atoms with Gasteiger partial charge in [0.1, 0.15) is 19.3 Å². The summed E-state index contributed by atoms with van der Waals surface area (Å²) >= 11 is 0. The van der Waals surface area contributed by atoms with E-state index in [-0.39, 0.29) is 25.8 Å². The quantitative estimate of drug-likeness (QED) is 0.0199. The fourth-order valence-corrected chi connectivity index (χ4v) is 6.85. The Morgan fingerprint density at radius 3 is 1.55 bits per heavy atom. The van der Waals surface area contributed by atoms with E-state index in [9.17, 15) is 14.3 Å². The number of carbonyl (C=O) groups is 1. The number of allylic oxidation sites excluding steroid dienone is 8. The summed E-state index contributed by atoms with van der Waals surface area (Å²) in [6.07, 6.45) is 48.5. The van der Waals surface area contributed by atoms with Gasteiger partial charge in [0, 0.05) is 13.0 Å².